The molecular formula is C10H9BrO2. The fourth-order valence-corrected chi connectivity index (χ4v) is 1.31. The lowest BCUT2D eigenvalue weighted by Gasteiger charge is -1.99. The second-order valence-electron chi connectivity index (χ2n) is 2.69. The van der Waals surface area contributed by atoms with Gasteiger partial charge in [-0.2, -0.15) is 0 Å². The molecule has 0 saturated carbocycles. The summed E-state index contributed by atoms with van der Waals surface area (Å²) in [6.07, 6.45) is 0. The van der Waals surface area contributed by atoms with E-state index in [0.717, 1.165) is 0 Å². The van der Waals surface area contributed by atoms with Crippen LogP contribution in [0, 0.1) is 0 Å². The van der Waals surface area contributed by atoms with Crippen LogP contribution >= 0.6 is 15.9 Å². The van der Waals surface area contributed by atoms with E-state index in [1.165, 1.54) is 6.92 Å². The van der Waals surface area contributed by atoms with Crippen LogP contribution in [0.15, 0.2) is 24.3 Å². The highest BCUT2D eigenvalue weighted by atomic mass is 79.9. The molecule has 0 spiro atoms. The summed E-state index contributed by atoms with van der Waals surface area (Å²) in [4.78, 5) is 22.2. The Morgan fingerprint density at radius 2 is 1.92 bits per heavy atom. The molecule has 0 unspecified atom stereocenters. The standard InChI is InChI=1S/C10H9BrO2/c1-7(12)8-3-2-4-9(5-8)10(13)6-11/h2-5H,6H2,1H3. The largest absolute Gasteiger partial charge is 0.295 e. The van der Waals surface area contributed by atoms with Crippen LogP contribution in [0.3, 0.4) is 0 Å². The third-order valence-electron chi connectivity index (χ3n) is 1.71. The number of halogens is 1. The van der Waals surface area contributed by atoms with Gasteiger partial charge in [-0.3, -0.25) is 9.59 Å². The number of hydrogen-bond donors (Lipinski definition) is 0. The molecule has 0 aliphatic heterocycles. The minimum atomic E-state index is -0.0239. The zero-order chi connectivity index (χ0) is 9.84. The van der Waals surface area contributed by atoms with Crippen LogP contribution in [0.2, 0.25) is 0 Å². The molecule has 68 valence electrons. The van der Waals surface area contributed by atoms with Gasteiger partial charge in [0.1, 0.15) is 0 Å². The van der Waals surface area contributed by atoms with E-state index in [0.29, 0.717) is 11.1 Å². The van der Waals surface area contributed by atoms with Gasteiger partial charge in [0.05, 0.1) is 5.33 Å². The van der Waals surface area contributed by atoms with E-state index in [2.05, 4.69) is 15.9 Å². The van der Waals surface area contributed by atoms with Crippen LogP contribution < -0.4 is 0 Å². The van der Waals surface area contributed by atoms with E-state index in [9.17, 15) is 9.59 Å². The smallest absolute Gasteiger partial charge is 0.173 e. The second kappa shape index (κ2) is 4.33. The summed E-state index contributed by atoms with van der Waals surface area (Å²) in [7, 11) is 0. The van der Waals surface area contributed by atoms with Crippen molar-refractivity contribution in [2.45, 2.75) is 6.92 Å². The van der Waals surface area contributed by atoms with Gasteiger partial charge in [0.15, 0.2) is 11.6 Å². The van der Waals surface area contributed by atoms with Gasteiger partial charge in [0.2, 0.25) is 0 Å². The van der Waals surface area contributed by atoms with Crippen LogP contribution in [-0.2, 0) is 0 Å². The average Bonchev–Trinajstić information content (AvgIpc) is 2.17. The van der Waals surface area contributed by atoms with Gasteiger partial charge >= 0.3 is 0 Å². The summed E-state index contributed by atoms with van der Waals surface area (Å²) in [5.74, 6) is -0.0349. The van der Waals surface area contributed by atoms with E-state index in [-0.39, 0.29) is 16.9 Å². The average molecular weight is 241 g/mol. The number of rotatable bonds is 3. The molecule has 0 aliphatic carbocycles. The van der Waals surface area contributed by atoms with Crippen molar-refractivity contribution in [1.29, 1.82) is 0 Å². The molecule has 13 heavy (non-hydrogen) atoms. The molecule has 1 aromatic rings. The minimum absolute atomic E-state index is 0.0110. The van der Waals surface area contributed by atoms with E-state index in [1.807, 2.05) is 0 Å². The highest BCUT2D eigenvalue weighted by Crippen LogP contribution is 2.07. The Labute approximate surface area is 85.1 Å². The quantitative estimate of drug-likeness (QED) is 0.601. The Bertz CT molecular complexity index is 345. The molecular weight excluding hydrogens is 232 g/mol. The van der Waals surface area contributed by atoms with Crippen LogP contribution in [0.1, 0.15) is 27.6 Å². The van der Waals surface area contributed by atoms with E-state index >= 15 is 0 Å². The first-order valence-electron chi connectivity index (χ1n) is 3.85. The van der Waals surface area contributed by atoms with Crippen molar-refractivity contribution in [1.82, 2.24) is 0 Å². The maximum absolute atomic E-state index is 11.2. The lowest BCUT2D eigenvalue weighted by Crippen LogP contribution is -2.02. The Balaban J connectivity index is 3.05. The van der Waals surface area contributed by atoms with Crippen molar-refractivity contribution >= 4 is 27.5 Å². The number of carbonyl (C=O) groups is 2. The van der Waals surface area contributed by atoms with Crippen molar-refractivity contribution in [3.05, 3.63) is 35.4 Å². The summed E-state index contributed by atoms with van der Waals surface area (Å²) >= 11 is 3.08. The van der Waals surface area contributed by atoms with E-state index < -0.39 is 0 Å². The summed E-state index contributed by atoms with van der Waals surface area (Å²) in [5, 5.41) is 0.286. The Morgan fingerprint density at radius 1 is 1.31 bits per heavy atom. The Morgan fingerprint density at radius 3 is 2.46 bits per heavy atom. The number of benzene rings is 1. The topological polar surface area (TPSA) is 34.1 Å². The molecule has 0 saturated heterocycles. The molecule has 0 aliphatic rings. The third-order valence-corrected chi connectivity index (χ3v) is 2.22. The lowest BCUT2D eigenvalue weighted by atomic mass is 10.1. The number of hydrogen-bond acceptors (Lipinski definition) is 2. The predicted octanol–water partition coefficient (Wildman–Crippen LogP) is 2.47. The molecule has 0 heterocycles. The number of alkyl halides is 1. The minimum Gasteiger partial charge on any atom is -0.295 e. The van der Waals surface area contributed by atoms with Crippen LogP contribution in [0.4, 0.5) is 0 Å². The first kappa shape index (κ1) is 10.1. The molecule has 0 bridgehead atoms. The molecule has 1 rings (SSSR count). The second-order valence-corrected chi connectivity index (χ2v) is 3.25. The Kier molecular flexibility index (Phi) is 3.37. The van der Waals surface area contributed by atoms with E-state index in [1.54, 1.807) is 24.3 Å². The zero-order valence-electron chi connectivity index (χ0n) is 7.21. The summed E-state index contributed by atoms with van der Waals surface area (Å²) < 4.78 is 0. The molecule has 0 radical (unpaired) electrons. The molecule has 2 nitrogen and oxygen atoms in total. The van der Waals surface area contributed by atoms with Gasteiger partial charge in [-0.25, -0.2) is 0 Å². The summed E-state index contributed by atoms with van der Waals surface area (Å²) in [5.41, 5.74) is 1.15. The Hall–Kier alpha value is -0.960. The van der Waals surface area contributed by atoms with Gasteiger partial charge in [-0.1, -0.05) is 34.1 Å². The number of Topliss-reactive ketones (excluding diaryl/α,β-unsaturated/α-hetero) is 2. The molecule has 0 aromatic heterocycles. The van der Waals surface area contributed by atoms with Crippen molar-refractivity contribution in [3.8, 4) is 0 Å². The molecule has 0 N–H and O–H groups in total. The number of carbonyl (C=O) groups excluding carboxylic acids is 2. The summed E-state index contributed by atoms with van der Waals surface area (Å²) in [6.45, 7) is 1.48. The van der Waals surface area contributed by atoms with E-state index in [4.69, 9.17) is 0 Å². The van der Waals surface area contributed by atoms with Crippen molar-refractivity contribution in [2.24, 2.45) is 0 Å². The predicted molar refractivity (Wildman–Crippen MR) is 54.6 cm³/mol. The maximum atomic E-state index is 11.2. The normalized spacial score (nSPS) is 9.69. The van der Waals surface area contributed by atoms with Gasteiger partial charge in [-0.15, -0.1) is 0 Å². The monoisotopic (exact) mass is 240 g/mol. The molecule has 3 heteroatoms. The van der Waals surface area contributed by atoms with Crippen LogP contribution in [-0.4, -0.2) is 16.9 Å². The zero-order valence-corrected chi connectivity index (χ0v) is 8.80. The summed E-state index contributed by atoms with van der Waals surface area (Å²) in [6, 6.07) is 6.74. The highest BCUT2D eigenvalue weighted by molar-refractivity contribution is 9.09. The molecule has 0 fully saturated rings. The van der Waals surface area contributed by atoms with Crippen molar-refractivity contribution in [2.75, 3.05) is 5.33 Å². The third kappa shape index (κ3) is 2.49. The first-order chi connectivity index (χ1) is 6.15. The molecule has 1 aromatic carbocycles. The van der Waals surface area contributed by atoms with Crippen LogP contribution in [0.25, 0.3) is 0 Å². The fourth-order valence-electron chi connectivity index (χ4n) is 0.989. The van der Waals surface area contributed by atoms with Gasteiger partial charge in [-0.05, 0) is 13.0 Å². The van der Waals surface area contributed by atoms with Crippen LogP contribution in [0.5, 0.6) is 0 Å². The molecule has 0 amide bonds. The van der Waals surface area contributed by atoms with Gasteiger partial charge < -0.3 is 0 Å². The van der Waals surface area contributed by atoms with Gasteiger partial charge in [0, 0.05) is 11.1 Å². The fraction of sp³-hybridized carbons (Fsp3) is 0.200. The molecule has 0 atom stereocenters. The maximum Gasteiger partial charge on any atom is 0.173 e. The number of ketones is 2. The van der Waals surface area contributed by atoms with Gasteiger partial charge in [0.25, 0.3) is 0 Å². The SMILES string of the molecule is CC(=O)c1cccc(C(=O)CBr)c1. The highest BCUT2D eigenvalue weighted by Gasteiger charge is 2.05. The lowest BCUT2D eigenvalue weighted by molar-refractivity contribution is 0.101. The van der Waals surface area contributed by atoms with Crippen molar-refractivity contribution < 1.29 is 9.59 Å². The van der Waals surface area contributed by atoms with Crippen molar-refractivity contribution in [3.63, 3.8) is 0 Å². The first-order valence-corrected chi connectivity index (χ1v) is 4.97.